The highest BCUT2D eigenvalue weighted by atomic mass is 32.2. The Morgan fingerprint density at radius 3 is 2.69 bits per heavy atom. The second-order valence-corrected chi connectivity index (χ2v) is 8.65. The van der Waals surface area contributed by atoms with E-state index in [2.05, 4.69) is 26.6 Å². The molecular formula is C25H23N5OS. The molecule has 32 heavy (non-hydrogen) atoms. The third-order valence-corrected chi connectivity index (χ3v) is 6.50. The molecule has 0 aliphatic heterocycles. The fraction of sp³-hybridized carbons (Fsp3) is 0.200. The van der Waals surface area contributed by atoms with Crippen molar-refractivity contribution in [3.63, 3.8) is 0 Å². The summed E-state index contributed by atoms with van der Waals surface area (Å²) >= 11 is 1.38. The van der Waals surface area contributed by atoms with Crippen LogP contribution in [0, 0.1) is 0 Å². The smallest absolute Gasteiger partial charge is 0.234 e. The number of anilines is 1. The molecule has 1 amide bonds. The number of nitrogens with zero attached hydrogens (tertiary/aromatic N) is 4. The second kappa shape index (κ2) is 9.36. The van der Waals surface area contributed by atoms with Gasteiger partial charge in [0.25, 0.3) is 0 Å². The SMILES string of the molecule is O=C(CSc1nnc(-c2cccnc2)n1-c1ccccc1)Nc1cccc2c1CCCC2. The number of carbonyl (C=O) groups excluding carboxylic acids is 1. The molecule has 4 aromatic rings. The van der Waals surface area contributed by atoms with Gasteiger partial charge in [0, 0.05) is 29.3 Å². The van der Waals surface area contributed by atoms with Gasteiger partial charge < -0.3 is 5.32 Å². The van der Waals surface area contributed by atoms with Crippen molar-refractivity contribution in [2.45, 2.75) is 30.8 Å². The first kappa shape index (κ1) is 20.5. The first-order valence-electron chi connectivity index (χ1n) is 10.7. The molecule has 5 rings (SSSR count). The Kier molecular flexibility index (Phi) is 5.98. The van der Waals surface area contributed by atoms with E-state index in [4.69, 9.17) is 0 Å². The number of amides is 1. The predicted octanol–water partition coefficient (Wildman–Crippen LogP) is 4.94. The normalized spacial score (nSPS) is 12.9. The zero-order valence-corrected chi connectivity index (χ0v) is 18.4. The van der Waals surface area contributed by atoms with Crippen LogP contribution in [0.25, 0.3) is 17.1 Å². The second-order valence-electron chi connectivity index (χ2n) is 7.71. The van der Waals surface area contributed by atoms with Gasteiger partial charge in [0.2, 0.25) is 5.91 Å². The van der Waals surface area contributed by atoms with Crippen molar-refractivity contribution in [1.29, 1.82) is 0 Å². The topological polar surface area (TPSA) is 72.7 Å². The average molecular weight is 442 g/mol. The lowest BCUT2D eigenvalue weighted by Crippen LogP contribution is -2.17. The number of pyridine rings is 1. The molecule has 0 saturated carbocycles. The van der Waals surface area contributed by atoms with Crippen molar-refractivity contribution >= 4 is 23.4 Å². The monoisotopic (exact) mass is 441 g/mol. The summed E-state index contributed by atoms with van der Waals surface area (Å²) < 4.78 is 1.97. The van der Waals surface area contributed by atoms with Gasteiger partial charge in [-0.1, -0.05) is 42.1 Å². The molecule has 2 heterocycles. The van der Waals surface area contributed by atoms with Gasteiger partial charge in [0.1, 0.15) is 0 Å². The minimum Gasteiger partial charge on any atom is -0.325 e. The highest BCUT2D eigenvalue weighted by Gasteiger charge is 2.18. The van der Waals surface area contributed by atoms with Crippen molar-refractivity contribution in [2.24, 2.45) is 0 Å². The quantitative estimate of drug-likeness (QED) is 0.429. The fourth-order valence-corrected chi connectivity index (χ4v) is 4.82. The van der Waals surface area contributed by atoms with Crippen molar-refractivity contribution in [2.75, 3.05) is 11.1 Å². The summed E-state index contributed by atoms with van der Waals surface area (Å²) in [6.45, 7) is 0. The maximum absolute atomic E-state index is 12.8. The van der Waals surface area contributed by atoms with E-state index in [9.17, 15) is 4.79 Å². The largest absolute Gasteiger partial charge is 0.325 e. The number of aromatic nitrogens is 4. The summed E-state index contributed by atoms with van der Waals surface area (Å²) in [4.78, 5) is 17.0. The van der Waals surface area contributed by atoms with Gasteiger partial charge in [-0.3, -0.25) is 14.3 Å². The lowest BCUT2D eigenvalue weighted by atomic mass is 9.90. The fourth-order valence-electron chi connectivity index (χ4n) is 4.07. The maximum atomic E-state index is 12.8. The highest BCUT2D eigenvalue weighted by molar-refractivity contribution is 7.99. The average Bonchev–Trinajstić information content (AvgIpc) is 3.28. The van der Waals surface area contributed by atoms with Gasteiger partial charge in [0.15, 0.2) is 11.0 Å². The Morgan fingerprint density at radius 2 is 1.84 bits per heavy atom. The number of carbonyl (C=O) groups is 1. The number of benzene rings is 2. The van der Waals surface area contributed by atoms with E-state index >= 15 is 0 Å². The van der Waals surface area contributed by atoms with Crippen LogP contribution in [0.15, 0.2) is 78.2 Å². The molecule has 0 spiro atoms. The van der Waals surface area contributed by atoms with Crippen LogP contribution in [-0.4, -0.2) is 31.4 Å². The molecule has 2 aromatic heterocycles. The molecule has 0 atom stereocenters. The van der Waals surface area contributed by atoms with Gasteiger partial charge in [0.05, 0.1) is 5.75 Å². The summed E-state index contributed by atoms with van der Waals surface area (Å²) in [5.74, 6) is 0.908. The minimum atomic E-state index is -0.0421. The molecule has 0 saturated heterocycles. The summed E-state index contributed by atoms with van der Waals surface area (Å²) in [5.41, 5.74) is 5.39. The van der Waals surface area contributed by atoms with Crippen LogP contribution in [0.2, 0.25) is 0 Å². The number of thioether (sulfide) groups is 1. The standard InChI is InChI=1S/C25H23N5OS/c31-23(27-22-14-6-9-18-8-4-5-13-21(18)22)17-32-25-29-28-24(19-10-7-15-26-16-19)30(25)20-11-2-1-3-12-20/h1-3,6-7,9-12,14-16H,4-5,8,13,17H2,(H,27,31). The third-order valence-electron chi connectivity index (χ3n) is 5.57. The lowest BCUT2D eigenvalue weighted by molar-refractivity contribution is -0.113. The van der Waals surface area contributed by atoms with E-state index in [1.54, 1.807) is 12.4 Å². The minimum absolute atomic E-state index is 0.0421. The van der Waals surface area contributed by atoms with E-state index in [0.29, 0.717) is 11.0 Å². The highest BCUT2D eigenvalue weighted by Crippen LogP contribution is 2.30. The van der Waals surface area contributed by atoms with Crippen molar-refractivity contribution in [3.8, 4) is 17.1 Å². The Labute approximate surface area is 191 Å². The van der Waals surface area contributed by atoms with Crippen LogP contribution < -0.4 is 5.32 Å². The van der Waals surface area contributed by atoms with Crippen LogP contribution in [-0.2, 0) is 17.6 Å². The molecule has 1 aliphatic carbocycles. The summed E-state index contributed by atoms with van der Waals surface area (Å²) in [7, 11) is 0. The summed E-state index contributed by atoms with van der Waals surface area (Å²) in [5, 5.41) is 12.6. The Morgan fingerprint density at radius 1 is 0.969 bits per heavy atom. The Bertz CT molecular complexity index is 1220. The van der Waals surface area contributed by atoms with Crippen LogP contribution in [0.3, 0.4) is 0 Å². The predicted molar refractivity (Wildman–Crippen MR) is 127 cm³/mol. The summed E-state index contributed by atoms with van der Waals surface area (Å²) in [6, 6.07) is 20.0. The van der Waals surface area contributed by atoms with Gasteiger partial charge in [-0.15, -0.1) is 10.2 Å². The molecule has 1 aliphatic rings. The van der Waals surface area contributed by atoms with Crippen molar-refractivity contribution in [1.82, 2.24) is 19.7 Å². The van der Waals surface area contributed by atoms with Gasteiger partial charge in [-0.2, -0.15) is 0 Å². The van der Waals surface area contributed by atoms with Crippen LogP contribution in [0.4, 0.5) is 5.69 Å². The van der Waals surface area contributed by atoms with Gasteiger partial charge in [-0.25, -0.2) is 0 Å². The molecule has 7 heteroatoms. The maximum Gasteiger partial charge on any atom is 0.234 e. The molecule has 0 radical (unpaired) electrons. The van der Waals surface area contributed by atoms with Crippen molar-refractivity contribution in [3.05, 3.63) is 84.2 Å². The van der Waals surface area contributed by atoms with E-state index in [1.165, 1.54) is 35.7 Å². The molecule has 0 bridgehead atoms. The first-order chi connectivity index (χ1) is 15.8. The molecule has 6 nitrogen and oxygen atoms in total. The number of nitrogens with one attached hydrogen (secondary N) is 1. The first-order valence-corrected chi connectivity index (χ1v) is 11.7. The van der Waals surface area contributed by atoms with Gasteiger partial charge in [-0.05, 0) is 67.1 Å². The van der Waals surface area contributed by atoms with Crippen LogP contribution in [0.1, 0.15) is 24.0 Å². The zero-order valence-electron chi connectivity index (χ0n) is 17.6. The Hall–Kier alpha value is -3.45. The molecule has 1 N–H and O–H groups in total. The molecular weight excluding hydrogens is 418 g/mol. The number of fused-ring (bicyclic) bond motifs is 1. The number of para-hydroxylation sites is 1. The Balaban J connectivity index is 1.37. The van der Waals surface area contributed by atoms with Gasteiger partial charge >= 0.3 is 0 Å². The third kappa shape index (κ3) is 4.29. The van der Waals surface area contributed by atoms with E-state index in [0.717, 1.165) is 29.8 Å². The van der Waals surface area contributed by atoms with Crippen molar-refractivity contribution < 1.29 is 4.79 Å². The number of aryl methyl sites for hydroxylation is 1. The number of hydrogen-bond acceptors (Lipinski definition) is 5. The molecule has 0 fully saturated rings. The molecule has 2 aromatic carbocycles. The molecule has 160 valence electrons. The van der Waals surface area contributed by atoms with Crippen LogP contribution >= 0.6 is 11.8 Å². The van der Waals surface area contributed by atoms with E-state index in [1.807, 2.05) is 59.2 Å². The molecule has 0 unspecified atom stereocenters. The zero-order chi connectivity index (χ0) is 21.8. The van der Waals surface area contributed by atoms with E-state index < -0.39 is 0 Å². The number of hydrogen-bond donors (Lipinski definition) is 1. The number of rotatable bonds is 6. The lowest BCUT2D eigenvalue weighted by Gasteiger charge is -2.19. The summed E-state index contributed by atoms with van der Waals surface area (Å²) in [6.07, 6.45) is 8.00. The van der Waals surface area contributed by atoms with E-state index in [-0.39, 0.29) is 11.7 Å². The van der Waals surface area contributed by atoms with Crippen LogP contribution in [0.5, 0.6) is 0 Å².